The van der Waals surface area contributed by atoms with E-state index in [1.54, 1.807) is 0 Å². The fourth-order valence-corrected chi connectivity index (χ4v) is 4.09. The Hall–Kier alpha value is -0.866. The lowest BCUT2D eigenvalue weighted by Crippen LogP contribution is -2.43. The fourth-order valence-electron chi connectivity index (χ4n) is 1.57. The van der Waals surface area contributed by atoms with E-state index in [0.29, 0.717) is 0 Å². The lowest BCUT2D eigenvalue weighted by atomic mass is 10.4. The molecule has 0 aliphatic heterocycles. The van der Waals surface area contributed by atoms with Crippen molar-refractivity contribution in [2.45, 2.75) is 26.2 Å². The summed E-state index contributed by atoms with van der Waals surface area (Å²) < 4.78 is 0. The molecule has 16 heavy (non-hydrogen) atoms. The first-order chi connectivity index (χ1) is 7.33. The van der Waals surface area contributed by atoms with Gasteiger partial charge in [-0.1, -0.05) is 72.2 Å². The predicted molar refractivity (Wildman–Crippen MR) is 81.1 cm³/mol. The first-order valence-electron chi connectivity index (χ1n) is 5.72. The van der Waals surface area contributed by atoms with Gasteiger partial charge in [-0.15, -0.1) is 13.2 Å². The molecule has 0 atom stereocenters. The van der Waals surface area contributed by atoms with Gasteiger partial charge in [0, 0.05) is 0 Å². The van der Waals surface area contributed by atoms with Crippen molar-refractivity contribution in [1.29, 1.82) is 0 Å². The van der Waals surface area contributed by atoms with Gasteiger partial charge in [-0.25, -0.2) is 0 Å². The largest absolute Gasteiger partial charge is 0.107 e. The van der Waals surface area contributed by atoms with Crippen LogP contribution in [0.15, 0.2) is 48.8 Å². The molecule has 0 unspecified atom stereocenters. The molecular formula is C14H22Si2. The standard InChI is InChI=1S/C14H22Si2/c1-7-15(3,4)13-9-11-14(12-10-13)16(5,6)8-2/h7-12H,1-2H2,3-6H3. The van der Waals surface area contributed by atoms with Crippen LogP contribution in [0.25, 0.3) is 0 Å². The van der Waals surface area contributed by atoms with Crippen molar-refractivity contribution in [2.24, 2.45) is 0 Å². The van der Waals surface area contributed by atoms with Crippen molar-refractivity contribution in [2.75, 3.05) is 0 Å². The van der Waals surface area contributed by atoms with Gasteiger partial charge in [-0.2, -0.15) is 0 Å². The van der Waals surface area contributed by atoms with Gasteiger partial charge in [0.2, 0.25) is 0 Å². The Kier molecular flexibility index (Phi) is 3.76. The van der Waals surface area contributed by atoms with E-state index in [1.165, 1.54) is 10.4 Å². The molecule has 2 heteroatoms. The van der Waals surface area contributed by atoms with E-state index in [4.69, 9.17) is 0 Å². The molecule has 0 aromatic heterocycles. The minimum absolute atomic E-state index is 1.39. The summed E-state index contributed by atoms with van der Waals surface area (Å²) in [6.07, 6.45) is 0. The number of hydrogen-bond donors (Lipinski definition) is 0. The maximum Gasteiger partial charge on any atom is 0.103 e. The average molecular weight is 247 g/mol. The van der Waals surface area contributed by atoms with Gasteiger partial charge < -0.3 is 0 Å². The van der Waals surface area contributed by atoms with Crippen molar-refractivity contribution in [3.05, 3.63) is 48.8 Å². The monoisotopic (exact) mass is 246 g/mol. The molecule has 0 nitrogen and oxygen atoms in total. The molecule has 1 aromatic carbocycles. The van der Waals surface area contributed by atoms with Crippen LogP contribution in [0, 0.1) is 0 Å². The van der Waals surface area contributed by atoms with E-state index in [2.05, 4.69) is 75.0 Å². The molecule has 0 amide bonds. The van der Waals surface area contributed by atoms with Crippen molar-refractivity contribution >= 4 is 26.5 Å². The Balaban J connectivity index is 3.09. The summed E-state index contributed by atoms with van der Waals surface area (Å²) in [6, 6.07) is 9.12. The molecule has 86 valence electrons. The van der Waals surface area contributed by atoms with Crippen LogP contribution in [-0.4, -0.2) is 16.1 Å². The Morgan fingerprint density at radius 2 is 1.00 bits per heavy atom. The molecule has 0 fully saturated rings. The minimum Gasteiger partial charge on any atom is -0.107 e. The summed E-state index contributed by atoms with van der Waals surface area (Å²) in [5.74, 6) is 0. The van der Waals surface area contributed by atoms with E-state index in [0.717, 1.165) is 0 Å². The number of hydrogen-bond acceptors (Lipinski definition) is 0. The highest BCUT2D eigenvalue weighted by atomic mass is 28.3. The van der Waals surface area contributed by atoms with E-state index in [-0.39, 0.29) is 0 Å². The average Bonchev–Trinajstić information content (AvgIpc) is 2.29. The minimum atomic E-state index is -1.39. The zero-order chi connectivity index (χ0) is 12.4. The molecule has 1 rings (SSSR count). The van der Waals surface area contributed by atoms with Crippen molar-refractivity contribution < 1.29 is 0 Å². The van der Waals surface area contributed by atoms with Gasteiger partial charge >= 0.3 is 0 Å². The Labute approximate surface area is 102 Å². The van der Waals surface area contributed by atoms with Crippen LogP contribution in [0.1, 0.15) is 0 Å². The summed E-state index contributed by atoms with van der Waals surface area (Å²) >= 11 is 0. The zero-order valence-electron chi connectivity index (χ0n) is 10.9. The molecule has 0 aliphatic rings. The Morgan fingerprint density at radius 1 is 0.750 bits per heavy atom. The quantitative estimate of drug-likeness (QED) is 0.717. The smallest absolute Gasteiger partial charge is 0.103 e. The summed E-state index contributed by atoms with van der Waals surface area (Å²) in [5.41, 5.74) is 4.27. The normalized spacial score (nSPS) is 12.2. The van der Waals surface area contributed by atoms with E-state index >= 15 is 0 Å². The zero-order valence-corrected chi connectivity index (χ0v) is 12.9. The summed E-state index contributed by atoms with van der Waals surface area (Å²) in [7, 11) is -2.78. The second-order valence-electron chi connectivity index (χ2n) is 5.43. The van der Waals surface area contributed by atoms with Crippen LogP contribution in [0.3, 0.4) is 0 Å². The molecule has 0 heterocycles. The number of rotatable bonds is 4. The topological polar surface area (TPSA) is 0 Å². The third kappa shape index (κ3) is 2.63. The molecule has 0 N–H and O–H groups in total. The highest BCUT2D eigenvalue weighted by molar-refractivity contribution is 6.95. The van der Waals surface area contributed by atoms with Crippen molar-refractivity contribution in [3.63, 3.8) is 0 Å². The summed E-state index contributed by atoms with van der Waals surface area (Å²) in [6.45, 7) is 17.2. The van der Waals surface area contributed by atoms with E-state index in [9.17, 15) is 0 Å². The molecule has 0 radical (unpaired) electrons. The third-order valence-electron chi connectivity index (χ3n) is 3.39. The maximum absolute atomic E-state index is 3.95. The van der Waals surface area contributed by atoms with Gasteiger partial charge in [0.25, 0.3) is 0 Å². The third-order valence-corrected chi connectivity index (χ3v) is 9.08. The summed E-state index contributed by atoms with van der Waals surface area (Å²) in [4.78, 5) is 0. The molecule has 0 bridgehead atoms. The first kappa shape index (κ1) is 13.2. The van der Waals surface area contributed by atoms with Gasteiger partial charge in [-0.05, 0) is 0 Å². The maximum atomic E-state index is 3.95. The van der Waals surface area contributed by atoms with Gasteiger partial charge in [0.15, 0.2) is 0 Å². The van der Waals surface area contributed by atoms with Crippen LogP contribution >= 0.6 is 0 Å². The van der Waals surface area contributed by atoms with Crippen molar-refractivity contribution in [1.82, 2.24) is 0 Å². The van der Waals surface area contributed by atoms with E-state index < -0.39 is 16.1 Å². The van der Waals surface area contributed by atoms with Crippen LogP contribution in [-0.2, 0) is 0 Å². The Bertz CT molecular complexity index is 347. The second-order valence-corrected chi connectivity index (χ2v) is 14.3. The first-order valence-corrected chi connectivity index (χ1v) is 11.9. The fraction of sp³-hybridized carbons (Fsp3) is 0.286. The van der Waals surface area contributed by atoms with Crippen LogP contribution < -0.4 is 10.4 Å². The molecule has 0 spiro atoms. The highest BCUT2D eigenvalue weighted by Crippen LogP contribution is 2.06. The summed E-state index contributed by atoms with van der Waals surface area (Å²) in [5, 5.41) is 2.92. The lowest BCUT2D eigenvalue weighted by molar-refractivity contribution is 1.71. The van der Waals surface area contributed by atoms with Gasteiger partial charge in [0.1, 0.15) is 16.1 Å². The van der Waals surface area contributed by atoms with Crippen LogP contribution in [0.4, 0.5) is 0 Å². The molecule has 0 saturated heterocycles. The molecular weight excluding hydrogens is 224 g/mol. The SMILES string of the molecule is C=C[Si](C)(C)c1ccc([Si](C)(C)C=C)cc1. The van der Waals surface area contributed by atoms with Gasteiger partial charge in [-0.3, -0.25) is 0 Å². The lowest BCUT2D eigenvalue weighted by Gasteiger charge is -2.21. The molecule has 0 saturated carbocycles. The predicted octanol–water partition coefficient (Wildman–Crippen LogP) is 2.97. The van der Waals surface area contributed by atoms with E-state index in [1.807, 2.05) is 0 Å². The Morgan fingerprint density at radius 3 is 1.19 bits per heavy atom. The second kappa shape index (κ2) is 4.56. The van der Waals surface area contributed by atoms with Crippen LogP contribution in [0.2, 0.25) is 26.2 Å². The van der Waals surface area contributed by atoms with Crippen LogP contribution in [0.5, 0.6) is 0 Å². The molecule has 0 aliphatic carbocycles. The molecule has 1 aromatic rings. The van der Waals surface area contributed by atoms with Crippen molar-refractivity contribution in [3.8, 4) is 0 Å². The highest BCUT2D eigenvalue weighted by Gasteiger charge is 2.22. The number of benzene rings is 1. The van der Waals surface area contributed by atoms with Gasteiger partial charge in [0.05, 0.1) is 0 Å².